The van der Waals surface area contributed by atoms with Gasteiger partial charge < -0.3 is 0 Å². The van der Waals surface area contributed by atoms with Crippen molar-refractivity contribution in [1.29, 1.82) is 0 Å². The van der Waals surface area contributed by atoms with E-state index in [1.807, 2.05) is 0 Å². The summed E-state index contributed by atoms with van der Waals surface area (Å²) in [5.74, 6) is 0. The molecule has 0 aliphatic rings. The van der Waals surface area contributed by atoms with Crippen LogP contribution in [0.2, 0.25) is 11.3 Å². The van der Waals surface area contributed by atoms with Crippen LogP contribution in [0.3, 0.4) is 0 Å². The Morgan fingerprint density at radius 2 is 2.45 bits per heavy atom. The minimum atomic E-state index is 0.410. The lowest BCUT2D eigenvalue weighted by molar-refractivity contribution is 1.27. The third-order valence-electron chi connectivity index (χ3n) is 1.33. The van der Waals surface area contributed by atoms with E-state index in [1.54, 1.807) is 18.3 Å². The van der Waals surface area contributed by atoms with Crippen LogP contribution in [0.5, 0.6) is 0 Å². The summed E-state index contributed by atoms with van der Waals surface area (Å²) in [7, 11) is 5.37. The van der Waals surface area contributed by atoms with Crippen molar-refractivity contribution in [3.8, 4) is 0 Å². The number of hydrogen-bond acceptors (Lipinski definition) is 1. The Kier molecular flexibility index (Phi) is 2.72. The second kappa shape index (κ2) is 3.58. The van der Waals surface area contributed by atoms with E-state index in [0.717, 1.165) is 11.3 Å². The minimum Gasteiger partial charge on any atom is -0.257 e. The van der Waals surface area contributed by atoms with Gasteiger partial charge in [0.1, 0.15) is 0 Å². The molecule has 0 aliphatic heterocycles. The maximum absolute atomic E-state index is 5.72. The van der Waals surface area contributed by atoms with Crippen LogP contribution < -0.4 is 0 Å². The van der Waals surface area contributed by atoms with Crippen LogP contribution in [-0.4, -0.2) is 12.8 Å². The molecule has 0 saturated heterocycles. The largest absolute Gasteiger partial charge is 0.257 e. The van der Waals surface area contributed by atoms with Crippen molar-refractivity contribution in [3.05, 3.63) is 35.6 Å². The number of rotatable bonds is 2. The monoisotopic (exact) mass is 163 g/mol. The maximum atomic E-state index is 5.72. The molecule has 2 radical (unpaired) electrons. The van der Waals surface area contributed by atoms with Crippen molar-refractivity contribution in [2.24, 2.45) is 0 Å². The molecular formula is C8H7BClN. The molecule has 54 valence electrons. The number of nitrogens with zero attached hydrogens (tertiary/aromatic N) is 1. The fraction of sp³-hybridized carbons (Fsp3) is 0.125. The fourth-order valence-corrected chi connectivity index (χ4v) is 0.862. The standard InChI is InChI=1S/C8H7BClN/c1-6(5-9)8-4-7(10)2-3-11-8/h2-4H,1,5H2. The van der Waals surface area contributed by atoms with Gasteiger partial charge in [0.15, 0.2) is 0 Å². The van der Waals surface area contributed by atoms with E-state index in [0.29, 0.717) is 11.3 Å². The Bertz CT molecular complexity index is 273. The molecule has 11 heavy (non-hydrogen) atoms. The van der Waals surface area contributed by atoms with Crippen LogP contribution in [-0.2, 0) is 0 Å². The van der Waals surface area contributed by atoms with Crippen molar-refractivity contribution in [3.63, 3.8) is 0 Å². The number of pyridine rings is 1. The Hall–Kier alpha value is -0.755. The molecule has 0 fully saturated rings. The number of hydrogen-bond donors (Lipinski definition) is 0. The third-order valence-corrected chi connectivity index (χ3v) is 1.57. The highest BCUT2D eigenvalue weighted by atomic mass is 35.5. The van der Waals surface area contributed by atoms with Crippen molar-refractivity contribution in [2.75, 3.05) is 0 Å². The van der Waals surface area contributed by atoms with Gasteiger partial charge in [0.25, 0.3) is 0 Å². The molecule has 0 aliphatic carbocycles. The molecule has 0 aromatic carbocycles. The first kappa shape index (κ1) is 8.34. The summed E-state index contributed by atoms with van der Waals surface area (Å²) in [6, 6.07) is 3.46. The highest BCUT2D eigenvalue weighted by Crippen LogP contribution is 2.16. The quantitative estimate of drug-likeness (QED) is 0.610. The van der Waals surface area contributed by atoms with E-state index in [4.69, 9.17) is 19.4 Å². The molecule has 1 nitrogen and oxygen atoms in total. The van der Waals surface area contributed by atoms with E-state index in [1.165, 1.54) is 0 Å². The van der Waals surface area contributed by atoms with Gasteiger partial charge in [-0.3, -0.25) is 4.98 Å². The minimum absolute atomic E-state index is 0.410. The summed E-state index contributed by atoms with van der Waals surface area (Å²) in [6.07, 6.45) is 2.05. The van der Waals surface area contributed by atoms with Gasteiger partial charge in [0, 0.05) is 11.2 Å². The van der Waals surface area contributed by atoms with Crippen LogP contribution in [0.25, 0.3) is 5.57 Å². The van der Waals surface area contributed by atoms with Crippen molar-refractivity contribution in [2.45, 2.75) is 6.32 Å². The van der Waals surface area contributed by atoms with Gasteiger partial charge in [-0.05, 0) is 17.7 Å². The van der Waals surface area contributed by atoms with Gasteiger partial charge in [-0.15, -0.1) is 0 Å². The fourth-order valence-electron chi connectivity index (χ4n) is 0.703. The molecule has 0 N–H and O–H groups in total. The first-order valence-corrected chi connectivity index (χ1v) is 3.61. The third kappa shape index (κ3) is 2.09. The SMILES string of the molecule is [B]CC(=C)c1cc(Cl)ccn1. The molecular weight excluding hydrogens is 156 g/mol. The van der Waals surface area contributed by atoms with E-state index in [2.05, 4.69) is 11.6 Å². The topological polar surface area (TPSA) is 12.9 Å². The number of halogens is 1. The summed E-state index contributed by atoms with van der Waals surface area (Å²) in [6.45, 7) is 3.74. The predicted octanol–water partition coefficient (Wildman–Crippen LogP) is 2.33. The van der Waals surface area contributed by atoms with Gasteiger partial charge in [-0.1, -0.05) is 24.5 Å². The first-order chi connectivity index (χ1) is 5.24. The Morgan fingerprint density at radius 1 is 1.73 bits per heavy atom. The van der Waals surface area contributed by atoms with Crippen molar-refractivity contribution in [1.82, 2.24) is 4.98 Å². The predicted molar refractivity (Wildman–Crippen MR) is 48.8 cm³/mol. The highest BCUT2D eigenvalue weighted by Gasteiger charge is 1.96. The molecule has 0 amide bonds. The summed E-state index contributed by atoms with van der Waals surface area (Å²) in [4.78, 5) is 4.05. The summed E-state index contributed by atoms with van der Waals surface area (Å²) in [5, 5.41) is 0.657. The van der Waals surface area contributed by atoms with E-state index in [9.17, 15) is 0 Å². The lowest BCUT2D eigenvalue weighted by Gasteiger charge is -2.00. The average Bonchev–Trinajstić information content (AvgIpc) is 2.03. The molecule has 0 atom stereocenters. The molecule has 0 unspecified atom stereocenters. The summed E-state index contributed by atoms with van der Waals surface area (Å²) >= 11 is 5.72. The van der Waals surface area contributed by atoms with Gasteiger partial charge in [-0.2, -0.15) is 0 Å². The summed E-state index contributed by atoms with van der Waals surface area (Å²) in [5.41, 5.74) is 1.56. The summed E-state index contributed by atoms with van der Waals surface area (Å²) < 4.78 is 0. The van der Waals surface area contributed by atoms with E-state index < -0.39 is 0 Å². The zero-order valence-corrected chi connectivity index (χ0v) is 6.80. The van der Waals surface area contributed by atoms with Crippen molar-refractivity contribution < 1.29 is 0 Å². The molecule has 3 heteroatoms. The zero-order valence-electron chi connectivity index (χ0n) is 6.05. The van der Waals surface area contributed by atoms with Crippen LogP contribution >= 0.6 is 11.6 Å². The zero-order chi connectivity index (χ0) is 8.27. The molecule has 1 heterocycles. The smallest absolute Gasteiger partial charge is 0.0717 e. The normalized spacial score (nSPS) is 9.55. The van der Waals surface area contributed by atoms with E-state index >= 15 is 0 Å². The second-order valence-corrected chi connectivity index (χ2v) is 2.60. The van der Waals surface area contributed by atoms with Gasteiger partial charge in [0.05, 0.1) is 13.5 Å². The van der Waals surface area contributed by atoms with E-state index in [-0.39, 0.29) is 0 Å². The molecule has 1 aromatic heterocycles. The maximum Gasteiger partial charge on any atom is 0.0717 e. The van der Waals surface area contributed by atoms with Gasteiger partial charge in [-0.25, -0.2) is 0 Å². The first-order valence-electron chi connectivity index (χ1n) is 3.24. The Morgan fingerprint density at radius 3 is 3.00 bits per heavy atom. The van der Waals surface area contributed by atoms with Crippen molar-refractivity contribution >= 4 is 25.0 Å². The molecule has 0 saturated carbocycles. The molecule has 1 rings (SSSR count). The van der Waals surface area contributed by atoms with Crippen LogP contribution in [0.4, 0.5) is 0 Å². The number of allylic oxidation sites excluding steroid dienone is 1. The Labute approximate surface area is 72.5 Å². The lowest BCUT2D eigenvalue weighted by Crippen LogP contribution is -1.85. The highest BCUT2D eigenvalue weighted by molar-refractivity contribution is 6.30. The number of aromatic nitrogens is 1. The van der Waals surface area contributed by atoms with Crippen LogP contribution in [0.15, 0.2) is 24.9 Å². The van der Waals surface area contributed by atoms with Gasteiger partial charge in [0.2, 0.25) is 0 Å². The average molecular weight is 163 g/mol. The van der Waals surface area contributed by atoms with Gasteiger partial charge >= 0.3 is 0 Å². The van der Waals surface area contributed by atoms with Crippen LogP contribution in [0, 0.1) is 0 Å². The lowest BCUT2D eigenvalue weighted by atomic mass is 9.96. The van der Waals surface area contributed by atoms with Crippen LogP contribution in [0.1, 0.15) is 5.69 Å². The Balaban J connectivity index is 2.96. The second-order valence-electron chi connectivity index (χ2n) is 2.17. The molecule has 0 spiro atoms. The molecule has 0 bridgehead atoms. The molecule has 1 aromatic rings.